The molecule has 0 bridgehead atoms. The monoisotopic (exact) mass is 280 g/mol. The lowest BCUT2D eigenvalue weighted by atomic mass is 10.0. The molecule has 0 saturated carbocycles. The van der Waals surface area contributed by atoms with E-state index in [0.29, 0.717) is 0 Å². The molecule has 0 spiro atoms. The first-order chi connectivity index (χ1) is 9.81. The molecule has 1 unspecified atom stereocenters. The summed E-state index contributed by atoms with van der Waals surface area (Å²) in [5, 5.41) is 0. The first-order valence-corrected chi connectivity index (χ1v) is 8.89. The first-order valence-electron chi connectivity index (χ1n) is 8.89. The van der Waals surface area contributed by atoms with E-state index in [-0.39, 0.29) is 0 Å². The summed E-state index contributed by atoms with van der Waals surface area (Å²) in [7, 11) is 0. The Morgan fingerprint density at radius 2 is 1.25 bits per heavy atom. The average Bonchev–Trinajstić information content (AvgIpc) is 2.47. The molecule has 20 heavy (non-hydrogen) atoms. The van der Waals surface area contributed by atoms with Crippen LogP contribution in [0, 0.1) is 5.92 Å². The van der Waals surface area contributed by atoms with Crippen molar-refractivity contribution in [1.82, 2.24) is 0 Å². The number of unbranched alkanes of at least 4 members (excludes halogenated alkanes) is 9. The van der Waals surface area contributed by atoms with Crippen LogP contribution in [0.2, 0.25) is 0 Å². The molecule has 0 N–H and O–H groups in total. The quantitative estimate of drug-likeness (QED) is 0.191. The van der Waals surface area contributed by atoms with Crippen LogP contribution in [0.1, 0.15) is 97.3 Å². The van der Waals surface area contributed by atoms with Crippen molar-refractivity contribution >= 4 is 6.29 Å². The van der Waals surface area contributed by atoms with Gasteiger partial charge < -0.3 is 4.79 Å². The molecule has 0 amide bonds. The SMILES string of the molecule is CCC(C)CCCCCC=CCCCCCCCC=O. The van der Waals surface area contributed by atoms with Crippen molar-refractivity contribution in [3.63, 3.8) is 0 Å². The van der Waals surface area contributed by atoms with Crippen LogP contribution in [-0.4, -0.2) is 6.29 Å². The van der Waals surface area contributed by atoms with E-state index in [9.17, 15) is 4.79 Å². The maximum Gasteiger partial charge on any atom is 0.119 e. The number of carbonyl (C=O) groups is 1. The van der Waals surface area contributed by atoms with Crippen LogP contribution >= 0.6 is 0 Å². The molecule has 118 valence electrons. The van der Waals surface area contributed by atoms with E-state index < -0.39 is 0 Å². The van der Waals surface area contributed by atoms with E-state index in [1.165, 1.54) is 70.6 Å². The predicted octanol–water partition coefficient (Wildman–Crippen LogP) is 6.47. The van der Waals surface area contributed by atoms with Crippen molar-refractivity contribution in [2.75, 3.05) is 0 Å². The topological polar surface area (TPSA) is 17.1 Å². The van der Waals surface area contributed by atoms with Crippen molar-refractivity contribution in [1.29, 1.82) is 0 Å². The fraction of sp³-hybridized carbons (Fsp3) is 0.842. The minimum atomic E-state index is 0.747. The second-order valence-electron chi connectivity index (χ2n) is 6.13. The molecule has 0 aliphatic heterocycles. The van der Waals surface area contributed by atoms with Gasteiger partial charge in [0.2, 0.25) is 0 Å². The third-order valence-corrected chi connectivity index (χ3v) is 4.12. The third-order valence-electron chi connectivity index (χ3n) is 4.12. The highest BCUT2D eigenvalue weighted by molar-refractivity contribution is 5.48. The van der Waals surface area contributed by atoms with Gasteiger partial charge in [-0.1, -0.05) is 70.9 Å². The largest absolute Gasteiger partial charge is 0.303 e. The highest BCUT2D eigenvalue weighted by Crippen LogP contribution is 2.13. The molecule has 0 aliphatic rings. The molecule has 1 nitrogen and oxygen atoms in total. The predicted molar refractivity (Wildman–Crippen MR) is 90.1 cm³/mol. The minimum Gasteiger partial charge on any atom is -0.303 e. The van der Waals surface area contributed by atoms with Crippen molar-refractivity contribution < 1.29 is 4.79 Å². The maximum absolute atomic E-state index is 10.1. The Morgan fingerprint density at radius 1 is 0.750 bits per heavy atom. The molecule has 0 aromatic carbocycles. The summed E-state index contributed by atoms with van der Waals surface area (Å²) in [5.41, 5.74) is 0. The summed E-state index contributed by atoms with van der Waals surface area (Å²) in [6, 6.07) is 0. The Balaban J connectivity index is 3.10. The standard InChI is InChI=1S/C19H36O/c1-3-19(2)17-15-13-11-9-7-5-4-6-8-10-12-14-16-18-20/h5,7,18-19H,3-4,6,8-17H2,1-2H3. The van der Waals surface area contributed by atoms with Crippen LogP contribution in [0.3, 0.4) is 0 Å². The van der Waals surface area contributed by atoms with Gasteiger partial charge in [-0.05, 0) is 38.0 Å². The van der Waals surface area contributed by atoms with Crippen LogP contribution < -0.4 is 0 Å². The molecule has 0 aromatic rings. The lowest BCUT2D eigenvalue weighted by Gasteiger charge is -2.06. The van der Waals surface area contributed by atoms with Crippen LogP contribution in [0.25, 0.3) is 0 Å². The first kappa shape index (κ1) is 19.4. The molecular weight excluding hydrogens is 244 g/mol. The zero-order valence-corrected chi connectivity index (χ0v) is 13.9. The number of hydrogen-bond donors (Lipinski definition) is 0. The molecule has 1 atom stereocenters. The second-order valence-corrected chi connectivity index (χ2v) is 6.13. The number of carbonyl (C=O) groups excluding carboxylic acids is 1. The van der Waals surface area contributed by atoms with Gasteiger partial charge in [0.1, 0.15) is 6.29 Å². The molecule has 1 heteroatoms. The summed E-state index contributed by atoms with van der Waals surface area (Å²) in [6.45, 7) is 4.65. The molecule has 0 fully saturated rings. The van der Waals surface area contributed by atoms with Gasteiger partial charge in [0, 0.05) is 6.42 Å². The van der Waals surface area contributed by atoms with Gasteiger partial charge in [-0.3, -0.25) is 0 Å². The van der Waals surface area contributed by atoms with Crippen molar-refractivity contribution in [2.24, 2.45) is 5.92 Å². The summed E-state index contributed by atoms with van der Waals surface area (Å²) >= 11 is 0. The van der Waals surface area contributed by atoms with E-state index in [1.54, 1.807) is 0 Å². The summed E-state index contributed by atoms with van der Waals surface area (Å²) in [5.74, 6) is 0.914. The van der Waals surface area contributed by atoms with Gasteiger partial charge in [-0.25, -0.2) is 0 Å². The van der Waals surface area contributed by atoms with Crippen molar-refractivity contribution in [3.05, 3.63) is 12.2 Å². The van der Waals surface area contributed by atoms with Crippen molar-refractivity contribution in [2.45, 2.75) is 97.3 Å². The van der Waals surface area contributed by atoms with Crippen LogP contribution in [-0.2, 0) is 4.79 Å². The zero-order chi connectivity index (χ0) is 14.9. The number of allylic oxidation sites excluding steroid dienone is 2. The number of hydrogen-bond acceptors (Lipinski definition) is 1. The molecular formula is C19H36O. The Labute approximate surface area is 127 Å². The smallest absolute Gasteiger partial charge is 0.119 e. The number of rotatable bonds is 15. The second kappa shape index (κ2) is 16.5. The zero-order valence-electron chi connectivity index (χ0n) is 13.9. The average molecular weight is 280 g/mol. The summed E-state index contributed by atoms with van der Waals surface area (Å²) < 4.78 is 0. The Kier molecular flexibility index (Phi) is 16.0. The Bertz CT molecular complexity index is 220. The normalized spacial score (nSPS) is 12.9. The van der Waals surface area contributed by atoms with E-state index in [1.807, 2.05) is 0 Å². The highest BCUT2D eigenvalue weighted by Gasteiger charge is 1.97. The van der Waals surface area contributed by atoms with Gasteiger partial charge >= 0.3 is 0 Å². The summed E-state index contributed by atoms with van der Waals surface area (Å²) in [4.78, 5) is 10.1. The molecule has 0 aromatic heterocycles. The molecule has 0 radical (unpaired) electrons. The van der Waals surface area contributed by atoms with Crippen LogP contribution in [0.4, 0.5) is 0 Å². The molecule has 0 rings (SSSR count). The highest BCUT2D eigenvalue weighted by atomic mass is 16.1. The van der Waals surface area contributed by atoms with Crippen LogP contribution in [0.5, 0.6) is 0 Å². The summed E-state index contributed by atoms with van der Waals surface area (Å²) in [6.07, 6.45) is 22.1. The maximum atomic E-state index is 10.1. The van der Waals surface area contributed by atoms with Gasteiger partial charge in [0.25, 0.3) is 0 Å². The Hall–Kier alpha value is -0.590. The molecule has 0 aliphatic carbocycles. The van der Waals surface area contributed by atoms with Crippen LogP contribution in [0.15, 0.2) is 12.2 Å². The fourth-order valence-corrected chi connectivity index (χ4v) is 2.39. The van der Waals surface area contributed by atoms with Gasteiger partial charge in [-0.2, -0.15) is 0 Å². The van der Waals surface area contributed by atoms with E-state index in [2.05, 4.69) is 26.0 Å². The van der Waals surface area contributed by atoms with Gasteiger partial charge in [-0.15, -0.1) is 0 Å². The Morgan fingerprint density at radius 3 is 1.80 bits per heavy atom. The lowest BCUT2D eigenvalue weighted by Crippen LogP contribution is -1.91. The molecule has 0 heterocycles. The third kappa shape index (κ3) is 15.5. The number of aldehydes is 1. The lowest BCUT2D eigenvalue weighted by molar-refractivity contribution is -0.107. The van der Waals surface area contributed by atoms with Gasteiger partial charge in [0.15, 0.2) is 0 Å². The van der Waals surface area contributed by atoms with E-state index >= 15 is 0 Å². The minimum absolute atomic E-state index is 0.747. The van der Waals surface area contributed by atoms with E-state index in [4.69, 9.17) is 0 Å². The van der Waals surface area contributed by atoms with Gasteiger partial charge in [0.05, 0.1) is 0 Å². The fourth-order valence-electron chi connectivity index (χ4n) is 2.39. The molecule has 0 saturated heterocycles. The van der Waals surface area contributed by atoms with Crippen molar-refractivity contribution in [3.8, 4) is 0 Å². The van der Waals surface area contributed by atoms with E-state index in [0.717, 1.165) is 25.0 Å².